The number of aromatic nitrogens is 2. The maximum atomic E-state index is 6.10. The third kappa shape index (κ3) is 2.75. The highest BCUT2D eigenvalue weighted by Gasteiger charge is 2.28. The fourth-order valence-corrected chi connectivity index (χ4v) is 4.18. The largest absolute Gasteiger partial charge is 0.464 e. The molecule has 2 atom stereocenters. The molecule has 2 aliphatic rings. The van der Waals surface area contributed by atoms with Crippen molar-refractivity contribution in [1.29, 1.82) is 0 Å². The Morgan fingerprint density at radius 3 is 2.54 bits per heavy atom. The fourth-order valence-electron chi connectivity index (χ4n) is 4.18. The van der Waals surface area contributed by atoms with Crippen LogP contribution in [0.4, 0.5) is 0 Å². The third-order valence-corrected chi connectivity index (χ3v) is 5.46. The van der Waals surface area contributed by atoms with Gasteiger partial charge in [0.2, 0.25) is 0 Å². The van der Waals surface area contributed by atoms with E-state index in [1.54, 1.807) is 6.26 Å². The van der Waals surface area contributed by atoms with Gasteiger partial charge in [-0.2, -0.15) is 5.10 Å². The van der Waals surface area contributed by atoms with Crippen LogP contribution in [0.25, 0.3) is 22.2 Å². The first-order chi connectivity index (χ1) is 12.9. The minimum Gasteiger partial charge on any atom is -0.464 e. The van der Waals surface area contributed by atoms with Gasteiger partial charge in [0.15, 0.2) is 6.23 Å². The van der Waals surface area contributed by atoms with Gasteiger partial charge in [-0.05, 0) is 56.7 Å². The van der Waals surface area contributed by atoms with E-state index >= 15 is 0 Å². The molecule has 0 aliphatic carbocycles. The van der Waals surface area contributed by atoms with E-state index in [0.29, 0.717) is 0 Å². The van der Waals surface area contributed by atoms with Crippen LogP contribution in [0, 0.1) is 0 Å². The summed E-state index contributed by atoms with van der Waals surface area (Å²) in [5.74, 6) is 0.872. The normalized spacial score (nSPS) is 24.2. The Morgan fingerprint density at radius 2 is 1.81 bits per heavy atom. The molecule has 26 heavy (non-hydrogen) atoms. The van der Waals surface area contributed by atoms with Crippen molar-refractivity contribution in [3.8, 4) is 11.3 Å². The first kappa shape index (κ1) is 16.1. The van der Waals surface area contributed by atoms with Crippen molar-refractivity contribution < 1.29 is 13.9 Å². The van der Waals surface area contributed by atoms with E-state index in [0.717, 1.165) is 66.8 Å². The topological polar surface area (TPSA) is 49.4 Å². The van der Waals surface area contributed by atoms with Gasteiger partial charge in [0.05, 0.1) is 17.5 Å². The molecule has 5 rings (SSSR count). The van der Waals surface area contributed by atoms with Gasteiger partial charge in [0.25, 0.3) is 0 Å². The molecule has 2 fully saturated rings. The number of ether oxygens (including phenoxy) is 2. The Bertz CT molecular complexity index is 872. The molecule has 0 N–H and O–H groups in total. The van der Waals surface area contributed by atoms with Crippen molar-refractivity contribution in [2.45, 2.75) is 50.9 Å². The summed E-state index contributed by atoms with van der Waals surface area (Å²) in [7, 11) is 0. The van der Waals surface area contributed by atoms with E-state index in [9.17, 15) is 0 Å². The number of hydrogen-bond donors (Lipinski definition) is 0. The number of hydrogen-bond acceptors (Lipinski definition) is 4. The van der Waals surface area contributed by atoms with E-state index in [1.165, 1.54) is 12.8 Å². The second kappa shape index (κ2) is 6.89. The maximum absolute atomic E-state index is 6.10. The molecular weight excluding hydrogens is 328 g/mol. The summed E-state index contributed by atoms with van der Waals surface area (Å²) in [5.41, 5.74) is 3.22. The van der Waals surface area contributed by atoms with Crippen LogP contribution in [0.15, 0.2) is 41.0 Å². The van der Waals surface area contributed by atoms with Crippen molar-refractivity contribution in [2.24, 2.45) is 0 Å². The van der Waals surface area contributed by atoms with Gasteiger partial charge in [-0.25, -0.2) is 4.68 Å². The Labute approximate surface area is 152 Å². The lowest BCUT2D eigenvalue weighted by Crippen LogP contribution is -2.20. The summed E-state index contributed by atoms with van der Waals surface area (Å²) in [6.45, 7) is 1.61. The zero-order valence-corrected chi connectivity index (χ0v) is 14.9. The SMILES string of the molecule is c1coc(-c2cccc3c2c(C2CCCCO2)nn3C2CCCCO2)c1. The number of furan rings is 1. The van der Waals surface area contributed by atoms with E-state index < -0.39 is 0 Å². The molecular formula is C21H24N2O3. The highest BCUT2D eigenvalue weighted by molar-refractivity contribution is 5.96. The summed E-state index contributed by atoms with van der Waals surface area (Å²) in [6, 6.07) is 10.3. The first-order valence-corrected chi connectivity index (χ1v) is 9.70. The molecule has 2 aliphatic heterocycles. The van der Waals surface area contributed by atoms with Gasteiger partial charge >= 0.3 is 0 Å². The summed E-state index contributed by atoms with van der Waals surface area (Å²) in [4.78, 5) is 0. The van der Waals surface area contributed by atoms with E-state index in [1.807, 2.05) is 12.1 Å². The second-order valence-corrected chi connectivity index (χ2v) is 7.18. The quantitative estimate of drug-likeness (QED) is 0.647. The molecule has 2 unspecified atom stereocenters. The summed E-state index contributed by atoms with van der Waals surface area (Å²) in [5, 5.41) is 6.17. The number of fused-ring (bicyclic) bond motifs is 1. The lowest BCUT2D eigenvalue weighted by Gasteiger charge is -2.24. The Morgan fingerprint density at radius 1 is 0.923 bits per heavy atom. The van der Waals surface area contributed by atoms with Gasteiger partial charge in [-0.15, -0.1) is 0 Å². The molecule has 4 heterocycles. The number of benzene rings is 1. The summed E-state index contributed by atoms with van der Waals surface area (Å²) in [6.07, 6.45) is 8.43. The van der Waals surface area contributed by atoms with Crippen molar-refractivity contribution in [3.05, 3.63) is 42.3 Å². The van der Waals surface area contributed by atoms with Gasteiger partial charge in [-0.3, -0.25) is 0 Å². The minimum absolute atomic E-state index is 0.00967. The van der Waals surface area contributed by atoms with Crippen molar-refractivity contribution >= 4 is 10.9 Å². The van der Waals surface area contributed by atoms with Crippen LogP contribution in [0.3, 0.4) is 0 Å². The third-order valence-electron chi connectivity index (χ3n) is 5.46. The molecule has 0 bridgehead atoms. The number of nitrogens with zero attached hydrogens (tertiary/aromatic N) is 2. The Balaban J connectivity index is 1.70. The molecule has 5 nitrogen and oxygen atoms in total. The van der Waals surface area contributed by atoms with E-state index in [2.05, 4.69) is 22.9 Å². The van der Waals surface area contributed by atoms with Gasteiger partial charge in [0, 0.05) is 24.2 Å². The predicted octanol–water partition coefficient (Wildman–Crippen LogP) is 5.24. The summed E-state index contributed by atoms with van der Waals surface area (Å²) >= 11 is 0. The molecule has 0 radical (unpaired) electrons. The van der Waals surface area contributed by atoms with E-state index in [4.69, 9.17) is 19.0 Å². The average molecular weight is 352 g/mol. The van der Waals surface area contributed by atoms with Crippen LogP contribution in [-0.4, -0.2) is 23.0 Å². The lowest BCUT2D eigenvalue weighted by atomic mass is 9.99. The van der Waals surface area contributed by atoms with Crippen LogP contribution in [0.1, 0.15) is 56.6 Å². The Hall–Kier alpha value is -2.11. The molecule has 0 amide bonds. The van der Waals surface area contributed by atoms with Gasteiger partial charge in [-0.1, -0.05) is 12.1 Å². The van der Waals surface area contributed by atoms with E-state index in [-0.39, 0.29) is 12.3 Å². The highest BCUT2D eigenvalue weighted by atomic mass is 16.5. The van der Waals surface area contributed by atoms with Crippen molar-refractivity contribution in [3.63, 3.8) is 0 Å². The van der Waals surface area contributed by atoms with Crippen molar-refractivity contribution in [2.75, 3.05) is 13.2 Å². The predicted molar refractivity (Wildman–Crippen MR) is 98.8 cm³/mol. The molecule has 0 saturated carbocycles. The van der Waals surface area contributed by atoms with Crippen LogP contribution in [-0.2, 0) is 9.47 Å². The minimum atomic E-state index is 0.00967. The second-order valence-electron chi connectivity index (χ2n) is 7.18. The van der Waals surface area contributed by atoms with Crippen molar-refractivity contribution in [1.82, 2.24) is 9.78 Å². The standard InChI is InChI=1S/C21H24N2O3/c1-3-12-25-18(9-1)21-20-15(17-10-6-14-24-17)7-5-8-16(20)23(22-21)19-11-2-4-13-26-19/h5-8,10,14,18-19H,1-4,9,11-13H2. The Kier molecular flexibility index (Phi) is 4.27. The molecule has 2 saturated heterocycles. The van der Waals surface area contributed by atoms with Gasteiger partial charge < -0.3 is 13.9 Å². The monoisotopic (exact) mass is 352 g/mol. The zero-order valence-electron chi connectivity index (χ0n) is 14.9. The van der Waals surface area contributed by atoms with Crippen LogP contribution in [0.2, 0.25) is 0 Å². The molecule has 5 heteroatoms. The lowest BCUT2D eigenvalue weighted by molar-refractivity contribution is -0.0385. The maximum Gasteiger partial charge on any atom is 0.150 e. The van der Waals surface area contributed by atoms with Crippen LogP contribution >= 0.6 is 0 Å². The molecule has 136 valence electrons. The molecule has 0 spiro atoms. The fraction of sp³-hybridized carbons (Fsp3) is 0.476. The molecule has 2 aromatic heterocycles. The molecule has 1 aromatic carbocycles. The smallest absolute Gasteiger partial charge is 0.150 e. The summed E-state index contributed by atoms with van der Waals surface area (Å²) < 4.78 is 19.9. The highest BCUT2D eigenvalue weighted by Crippen LogP contribution is 2.39. The zero-order chi connectivity index (χ0) is 17.3. The first-order valence-electron chi connectivity index (χ1n) is 9.70. The van der Waals surface area contributed by atoms with Crippen LogP contribution < -0.4 is 0 Å². The number of rotatable bonds is 3. The van der Waals surface area contributed by atoms with Crippen LogP contribution in [0.5, 0.6) is 0 Å². The average Bonchev–Trinajstić information content (AvgIpc) is 3.37. The van der Waals surface area contributed by atoms with Gasteiger partial charge in [0.1, 0.15) is 11.9 Å². The molecule has 3 aromatic rings.